The summed E-state index contributed by atoms with van der Waals surface area (Å²) in [4.78, 5) is 0. The maximum absolute atomic E-state index is 10.4. The van der Waals surface area contributed by atoms with Crippen LogP contribution in [0.5, 0.6) is 0 Å². The molecule has 0 saturated heterocycles. The Hall–Kier alpha value is -1.06. The van der Waals surface area contributed by atoms with Crippen molar-refractivity contribution in [3.8, 4) is 0 Å². The van der Waals surface area contributed by atoms with Crippen LogP contribution < -0.4 is 5.32 Å². The summed E-state index contributed by atoms with van der Waals surface area (Å²) in [6.45, 7) is 0.669. The lowest BCUT2D eigenvalue weighted by Gasteiger charge is -2.32. The summed E-state index contributed by atoms with van der Waals surface area (Å²) in [5.41, 5.74) is 0.613. The molecule has 0 amide bonds. The van der Waals surface area contributed by atoms with E-state index < -0.39 is 5.60 Å². The van der Waals surface area contributed by atoms with Crippen molar-refractivity contribution in [1.29, 1.82) is 0 Å². The summed E-state index contributed by atoms with van der Waals surface area (Å²) < 4.78 is 1.32. The number of anilines is 1. The molecule has 0 bridgehead atoms. The van der Waals surface area contributed by atoms with Crippen molar-refractivity contribution >= 4 is 27.1 Å². The summed E-state index contributed by atoms with van der Waals surface area (Å²) >= 11 is 1.76. The number of benzene rings is 1. The van der Waals surface area contributed by atoms with Crippen LogP contribution in [0.3, 0.4) is 0 Å². The van der Waals surface area contributed by atoms with Crippen LogP contribution in [0.25, 0.3) is 10.1 Å². The smallest absolute Gasteiger partial charge is 0.0819 e. The number of hydrogen-bond acceptors (Lipinski definition) is 3. The number of rotatable bonds is 3. The highest BCUT2D eigenvalue weighted by Crippen LogP contribution is 2.29. The van der Waals surface area contributed by atoms with Crippen molar-refractivity contribution < 1.29 is 5.11 Å². The van der Waals surface area contributed by atoms with Crippen LogP contribution in [0.4, 0.5) is 5.69 Å². The van der Waals surface area contributed by atoms with Crippen LogP contribution >= 0.6 is 11.3 Å². The molecular formula is C15H19NOS. The van der Waals surface area contributed by atoms with Crippen molar-refractivity contribution in [2.24, 2.45) is 0 Å². The van der Waals surface area contributed by atoms with E-state index in [4.69, 9.17) is 0 Å². The van der Waals surface area contributed by atoms with Gasteiger partial charge < -0.3 is 10.4 Å². The Morgan fingerprint density at radius 1 is 1.17 bits per heavy atom. The van der Waals surface area contributed by atoms with Crippen LogP contribution in [0.2, 0.25) is 0 Å². The van der Waals surface area contributed by atoms with Gasteiger partial charge in [-0.3, -0.25) is 0 Å². The highest BCUT2D eigenvalue weighted by molar-refractivity contribution is 7.17. The number of fused-ring (bicyclic) bond motifs is 1. The molecule has 3 heteroatoms. The van der Waals surface area contributed by atoms with E-state index in [0.29, 0.717) is 6.54 Å². The highest BCUT2D eigenvalue weighted by Gasteiger charge is 2.28. The standard InChI is InChI=1S/C15H19NOS/c17-15(7-2-1-3-8-15)11-16-13-4-5-14-12(10-13)6-9-18-14/h4-6,9-10,16-17H,1-3,7-8,11H2. The fourth-order valence-electron chi connectivity index (χ4n) is 2.73. The number of nitrogens with one attached hydrogen (secondary N) is 1. The number of thiophene rings is 1. The first-order chi connectivity index (χ1) is 8.75. The van der Waals surface area contributed by atoms with Crippen LogP contribution in [0.1, 0.15) is 32.1 Å². The molecule has 0 aliphatic heterocycles. The van der Waals surface area contributed by atoms with E-state index in [1.165, 1.54) is 16.5 Å². The number of aliphatic hydroxyl groups is 1. The highest BCUT2D eigenvalue weighted by atomic mass is 32.1. The van der Waals surface area contributed by atoms with Crippen molar-refractivity contribution in [3.05, 3.63) is 29.6 Å². The van der Waals surface area contributed by atoms with Gasteiger partial charge in [0.25, 0.3) is 0 Å². The summed E-state index contributed by atoms with van der Waals surface area (Å²) in [6.07, 6.45) is 5.44. The zero-order chi connectivity index (χ0) is 12.4. The third-order valence-corrected chi connectivity index (χ3v) is 4.76. The second-order valence-corrected chi connectivity index (χ2v) is 6.26. The SMILES string of the molecule is OC1(CNc2ccc3sccc3c2)CCCCC1. The van der Waals surface area contributed by atoms with Crippen molar-refractivity contribution in [2.75, 3.05) is 11.9 Å². The minimum Gasteiger partial charge on any atom is -0.388 e. The van der Waals surface area contributed by atoms with E-state index in [0.717, 1.165) is 31.4 Å². The van der Waals surface area contributed by atoms with Gasteiger partial charge in [0, 0.05) is 16.9 Å². The average molecular weight is 261 g/mol. The Bertz CT molecular complexity index is 528. The molecule has 1 heterocycles. The minimum atomic E-state index is -0.498. The van der Waals surface area contributed by atoms with Gasteiger partial charge in [0.15, 0.2) is 0 Å². The zero-order valence-corrected chi connectivity index (χ0v) is 11.3. The van der Waals surface area contributed by atoms with Crippen molar-refractivity contribution in [2.45, 2.75) is 37.7 Å². The van der Waals surface area contributed by atoms with Crippen molar-refractivity contribution in [3.63, 3.8) is 0 Å². The second kappa shape index (κ2) is 4.90. The largest absolute Gasteiger partial charge is 0.388 e. The van der Waals surface area contributed by atoms with E-state index in [1.54, 1.807) is 11.3 Å². The summed E-state index contributed by atoms with van der Waals surface area (Å²) in [7, 11) is 0. The first kappa shape index (κ1) is 12.0. The fourth-order valence-corrected chi connectivity index (χ4v) is 3.50. The van der Waals surface area contributed by atoms with Gasteiger partial charge in [-0.2, -0.15) is 0 Å². The topological polar surface area (TPSA) is 32.3 Å². The van der Waals surface area contributed by atoms with Gasteiger partial charge >= 0.3 is 0 Å². The lowest BCUT2D eigenvalue weighted by Crippen LogP contribution is -2.38. The van der Waals surface area contributed by atoms with Crippen LogP contribution in [-0.4, -0.2) is 17.3 Å². The molecule has 0 atom stereocenters. The van der Waals surface area contributed by atoms with Gasteiger partial charge in [-0.05, 0) is 47.9 Å². The van der Waals surface area contributed by atoms with E-state index in [-0.39, 0.29) is 0 Å². The number of hydrogen-bond donors (Lipinski definition) is 2. The van der Waals surface area contributed by atoms with E-state index in [9.17, 15) is 5.11 Å². The van der Waals surface area contributed by atoms with E-state index in [2.05, 4.69) is 35.0 Å². The van der Waals surface area contributed by atoms with E-state index in [1.807, 2.05) is 0 Å². The molecule has 2 N–H and O–H groups in total. The average Bonchev–Trinajstić information content (AvgIpc) is 2.85. The molecule has 2 nitrogen and oxygen atoms in total. The molecule has 1 aliphatic carbocycles. The third kappa shape index (κ3) is 2.52. The molecule has 1 aliphatic rings. The molecule has 18 heavy (non-hydrogen) atoms. The van der Waals surface area contributed by atoms with Gasteiger partial charge in [0.1, 0.15) is 0 Å². The monoisotopic (exact) mass is 261 g/mol. The minimum absolute atomic E-state index is 0.498. The molecule has 0 radical (unpaired) electrons. The molecule has 1 aromatic carbocycles. The van der Waals surface area contributed by atoms with Gasteiger partial charge in [0.05, 0.1) is 5.60 Å². The molecule has 0 spiro atoms. The maximum Gasteiger partial charge on any atom is 0.0819 e. The second-order valence-electron chi connectivity index (χ2n) is 5.31. The predicted octanol–water partition coefficient (Wildman–Crippen LogP) is 4.01. The Labute approximate surface area is 112 Å². The predicted molar refractivity (Wildman–Crippen MR) is 78.3 cm³/mol. The summed E-state index contributed by atoms with van der Waals surface area (Å²) in [6, 6.07) is 8.55. The Morgan fingerprint density at radius 2 is 2.00 bits per heavy atom. The normalized spacial score (nSPS) is 18.9. The van der Waals surface area contributed by atoms with Gasteiger partial charge in [-0.1, -0.05) is 19.3 Å². The molecule has 1 aromatic heterocycles. The summed E-state index contributed by atoms with van der Waals surface area (Å²) in [5, 5.41) is 17.2. The molecule has 96 valence electrons. The molecule has 0 unspecified atom stereocenters. The molecule has 1 saturated carbocycles. The van der Waals surface area contributed by atoms with Gasteiger partial charge in [0.2, 0.25) is 0 Å². The Kier molecular flexibility index (Phi) is 3.27. The molecule has 2 aromatic rings. The lowest BCUT2D eigenvalue weighted by molar-refractivity contribution is 0.0167. The zero-order valence-electron chi connectivity index (χ0n) is 10.5. The van der Waals surface area contributed by atoms with Gasteiger partial charge in [-0.25, -0.2) is 0 Å². The third-order valence-electron chi connectivity index (χ3n) is 3.86. The summed E-state index contributed by atoms with van der Waals surface area (Å²) in [5.74, 6) is 0. The molecular weight excluding hydrogens is 242 g/mol. The van der Waals surface area contributed by atoms with Crippen LogP contribution in [0, 0.1) is 0 Å². The van der Waals surface area contributed by atoms with Gasteiger partial charge in [-0.15, -0.1) is 11.3 Å². The Morgan fingerprint density at radius 3 is 2.83 bits per heavy atom. The van der Waals surface area contributed by atoms with E-state index >= 15 is 0 Å². The lowest BCUT2D eigenvalue weighted by atomic mass is 9.85. The van der Waals surface area contributed by atoms with Crippen LogP contribution in [0.15, 0.2) is 29.6 Å². The van der Waals surface area contributed by atoms with Crippen LogP contribution in [-0.2, 0) is 0 Å². The fraction of sp³-hybridized carbons (Fsp3) is 0.467. The first-order valence-corrected chi connectivity index (χ1v) is 7.57. The Balaban J connectivity index is 1.68. The first-order valence-electron chi connectivity index (χ1n) is 6.69. The molecule has 3 rings (SSSR count). The quantitative estimate of drug-likeness (QED) is 0.875. The van der Waals surface area contributed by atoms with Crippen molar-refractivity contribution in [1.82, 2.24) is 0 Å². The molecule has 1 fully saturated rings. The maximum atomic E-state index is 10.4.